The van der Waals surface area contributed by atoms with E-state index in [1.807, 2.05) is 23.2 Å². The largest absolute Gasteiger partial charge is 0.489 e. The van der Waals surface area contributed by atoms with E-state index >= 15 is 0 Å². The van der Waals surface area contributed by atoms with Crippen molar-refractivity contribution in [3.63, 3.8) is 0 Å². The molecule has 2 saturated heterocycles. The predicted molar refractivity (Wildman–Crippen MR) is 128 cm³/mol. The fourth-order valence-electron chi connectivity index (χ4n) is 4.11. The Bertz CT molecular complexity index is 1090. The van der Waals surface area contributed by atoms with Gasteiger partial charge in [0.15, 0.2) is 0 Å². The zero-order valence-electron chi connectivity index (χ0n) is 19.1. The zero-order chi connectivity index (χ0) is 24.1. The van der Waals surface area contributed by atoms with E-state index in [-0.39, 0.29) is 12.0 Å². The third-order valence-electron chi connectivity index (χ3n) is 6.02. The second-order valence-corrected chi connectivity index (χ2v) is 11.0. The highest BCUT2D eigenvalue weighted by Gasteiger charge is 2.25. The van der Waals surface area contributed by atoms with E-state index in [4.69, 9.17) is 16.3 Å². The third-order valence-corrected chi connectivity index (χ3v) is 7.62. The van der Waals surface area contributed by atoms with E-state index in [9.17, 15) is 13.2 Å². The SMILES string of the molecule is CS(=O)(=O)N1CCN(Cc2ccc(OC3CCN(NC(=O)c4cncnc4)CC3)c(Cl)c2)CC1. The number of hydrogen-bond acceptors (Lipinski definition) is 8. The second-order valence-electron chi connectivity index (χ2n) is 8.58. The summed E-state index contributed by atoms with van der Waals surface area (Å²) >= 11 is 6.50. The number of aromatic nitrogens is 2. The minimum absolute atomic E-state index is 0.0145. The van der Waals surface area contributed by atoms with Crippen molar-refractivity contribution in [1.82, 2.24) is 29.6 Å². The Labute approximate surface area is 204 Å². The number of piperazine rings is 1. The van der Waals surface area contributed by atoms with E-state index in [1.165, 1.54) is 29.3 Å². The molecular weight excluding hydrogens is 480 g/mol. The Morgan fingerprint density at radius 2 is 1.79 bits per heavy atom. The zero-order valence-corrected chi connectivity index (χ0v) is 20.6. The Balaban J connectivity index is 1.23. The molecule has 0 atom stereocenters. The van der Waals surface area contributed by atoms with Crippen molar-refractivity contribution in [3.8, 4) is 5.75 Å². The molecule has 0 radical (unpaired) electrons. The first kappa shape index (κ1) is 24.8. The van der Waals surface area contributed by atoms with E-state index in [2.05, 4.69) is 20.3 Å². The number of hydrogen-bond donors (Lipinski definition) is 1. The van der Waals surface area contributed by atoms with E-state index in [0.717, 1.165) is 18.4 Å². The summed E-state index contributed by atoms with van der Waals surface area (Å²) in [4.78, 5) is 22.2. The number of carbonyl (C=O) groups excluding carboxylic acids is 1. The number of hydrazine groups is 1. The number of nitrogens with zero attached hydrogens (tertiary/aromatic N) is 5. The van der Waals surface area contributed by atoms with Gasteiger partial charge in [-0.05, 0) is 30.5 Å². The molecule has 2 aliphatic heterocycles. The summed E-state index contributed by atoms with van der Waals surface area (Å²) in [6.07, 6.45) is 7.14. The highest BCUT2D eigenvalue weighted by atomic mass is 35.5. The van der Waals surface area contributed by atoms with Gasteiger partial charge in [-0.3, -0.25) is 15.1 Å². The molecule has 4 rings (SSSR count). The van der Waals surface area contributed by atoms with Crippen LogP contribution in [-0.2, 0) is 16.6 Å². The van der Waals surface area contributed by atoms with Crippen LogP contribution >= 0.6 is 11.6 Å². The fourth-order valence-corrected chi connectivity index (χ4v) is 5.18. The summed E-state index contributed by atoms with van der Waals surface area (Å²) in [6.45, 7) is 4.43. The molecule has 12 heteroatoms. The number of piperidine rings is 1. The van der Waals surface area contributed by atoms with E-state index in [1.54, 1.807) is 0 Å². The Kier molecular flexibility index (Phi) is 7.99. The lowest BCUT2D eigenvalue weighted by atomic mass is 10.1. The minimum atomic E-state index is -3.13. The van der Waals surface area contributed by atoms with Crippen molar-refractivity contribution >= 4 is 27.5 Å². The Hall–Kier alpha value is -2.31. The number of nitrogens with one attached hydrogen (secondary N) is 1. The number of sulfonamides is 1. The maximum Gasteiger partial charge on any atom is 0.268 e. The quantitative estimate of drug-likeness (QED) is 0.598. The number of halogens is 1. The monoisotopic (exact) mass is 508 g/mol. The van der Waals surface area contributed by atoms with Crippen molar-refractivity contribution in [1.29, 1.82) is 0 Å². The molecule has 10 nitrogen and oxygen atoms in total. The van der Waals surface area contributed by atoms with Crippen LogP contribution in [0, 0.1) is 0 Å². The summed E-state index contributed by atoms with van der Waals surface area (Å²) in [7, 11) is -3.13. The van der Waals surface area contributed by atoms with Crippen molar-refractivity contribution in [2.75, 3.05) is 45.5 Å². The van der Waals surface area contributed by atoms with E-state index < -0.39 is 10.0 Å². The molecule has 0 spiro atoms. The summed E-state index contributed by atoms with van der Waals surface area (Å²) < 4.78 is 31.0. The molecule has 2 aliphatic rings. The van der Waals surface area contributed by atoms with Gasteiger partial charge in [-0.2, -0.15) is 4.31 Å². The molecule has 1 amide bonds. The summed E-state index contributed by atoms with van der Waals surface area (Å²) in [5.41, 5.74) is 4.36. The molecule has 1 N–H and O–H groups in total. The maximum absolute atomic E-state index is 12.3. The number of rotatable bonds is 7. The number of benzene rings is 1. The molecular formula is C22H29ClN6O4S. The van der Waals surface area contributed by atoms with Crippen LogP contribution in [-0.4, -0.2) is 90.1 Å². The van der Waals surface area contributed by atoms with Crippen LogP contribution in [0.3, 0.4) is 0 Å². The maximum atomic E-state index is 12.3. The lowest BCUT2D eigenvalue weighted by molar-refractivity contribution is 0.0546. The predicted octanol–water partition coefficient (Wildman–Crippen LogP) is 1.40. The standard InChI is InChI=1S/C22H29ClN6O4S/c1-34(31,32)29-10-8-27(9-11-29)15-17-2-3-21(20(23)12-17)33-19-4-6-28(7-5-19)26-22(30)18-13-24-16-25-14-18/h2-3,12-14,16,19H,4-11,15H2,1H3,(H,26,30). The highest BCUT2D eigenvalue weighted by molar-refractivity contribution is 7.88. The molecule has 1 aromatic carbocycles. The summed E-state index contributed by atoms with van der Waals surface area (Å²) in [5.74, 6) is 0.424. The fraction of sp³-hybridized carbons (Fsp3) is 0.500. The number of carbonyl (C=O) groups is 1. The molecule has 1 aromatic heterocycles. The van der Waals surface area contributed by atoms with Gasteiger partial charge in [-0.1, -0.05) is 17.7 Å². The molecule has 0 saturated carbocycles. The van der Waals surface area contributed by atoms with E-state index in [0.29, 0.717) is 62.1 Å². The summed E-state index contributed by atoms with van der Waals surface area (Å²) in [6, 6.07) is 5.81. The van der Waals surface area contributed by atoms with Crippen LogP contribution < -0.4 is 10.2 Å². The molecule has 0 bridgehead atoms. The van der Waals surface area contributed by atoms with Gasteiger partial charge < -0.3 is 4.74 Å². The topological polar surface area (TPSA) is 108 Å². The molecule has 3 heterocycles. The lowest BCUT2D eigenvalue weighted by Crippen LogP contribution is -2.48. The van der Waals surface area contributed by atoms with Crippen molar-refractivity contribution < 1.29 is 17.9 Å². The van der Waals surface area contributed by atoms with Crippen LogP contribution in [0.1, 0.15) is 28.8 Å². The van der Waals surface area contributed by atoms with Gasteiger partial charge in [0.2, 0.25) is 10.0 Å². The van der Waals surface area contributed by atoms with Crippen LogP contribution in [0.5, 0.6) is 5.75 Å². The first-order chi connectivity index (χ1) is 16.3. The Morgan fingerprint density at radius 3 is 2.41 bits per heavy atom. The molecule has 2 aromatic rings. The van der Waals surface area contributed by atoms with Crippen LogP contribution in [0.15, 0.2) is 36.9 Å². The van der Waals surface area contributed by atoms with Crippen molar-refractivity contribution in [2.45, 2.75) is 25.5 Å². The molecule has 2 fully saturated rings. The second kappa shape index (κ2) is 11.0. The normalized spacial score (nSPS) is 19.1. The van der Waals surface area contributed by atoms with Gasteiger partial charge in [0.05, 0.1) is 16.8 Å². The number of amides is 1. The van der Waals surface area contributed by atoms with Crippen LogP contribution in [0.25, 0.3) is 0 Å². The van der Waals surface area contributed by atoms with Crippen molar-refractivity contribution in [3.05, 3.63) is 53.1 Å². The first-order valence-electron chi connectivity index (χ1n) is 11.2. The smallest absolute Gasteiger partial charge is 0.268 e. The van der Waals surface area contributed by atoms with Gasteiger partial charge >= 0.3 is 0 Å². The van der Waals surface area contributed by atoms with Gasteiger partial charge in [-0.15, -0.1) is 0 Å². The average Bonchev–Trinajstić information content (AvgIpc) is 2.82. The highest BCUT2D eigenvalue weighted by Crippen LogP contribution is 2.29. The van der Waals surface area contributed by atoms with Gasteiger partial charge in [0.1, 0.15) is 18.2 Å². The molecule has 0 aliphatic carbocycles. The molecule has 34 heavy (non-hydrogen) atoms. The van der Waals surface area contributed by atoms with Gasteiger partial charge in [-0.25, -0.2) is 23.4 Å². The number of ether oxygens (including phenoxy) is 1. The van der Waals surface area contributed by atoms with Crippen LogP contribution in [0.4, 0.5) is 0 Å². The van der Waals surface area contributed by atoms with Gasteiger partial charge in [0, 0.05) is 58.2 Å². The molecule has 184 valence electrons. The summed E-state index contributed by atoms with van der Waals surface area (Å²) in [5, 5.41) is 2.44. The minimum Gasteiger partial charge on any atom is -0.489 e. The van der Waals surface area contributed by atoms with Gasteiger partial charge in [0.25, 0.3) is 5.91 Å². The van der Waals surface area contributed by atoms with Crippen LogP contribution in [0.2, 0.25) is 5.02 Å². The molecule has 0 unspecified atom stereocenters. The lowest BCUT2D eigenvalue weighted by Gasteiger charge is -2.33. The first-order valence-corrected chi connectivity index (χ1v) is 13.4. The Morgan fingerprint density at radius 1 is 1.12 bits per heavy atom. The average molecular weight is 509 g/mol. The van der Waals surface area contributed by atoms with Crippen molar-refractivity contribution in [2.24, 2.45) is 0 Å². The third kappa shape index (κ3) is 6.63.